The van der Waals surface area contributed by atoms with Gasteiger partial charge in [0.25, 0.3) is 6.47 Å². The average Bonchev–Trinajstić information content (AvgIpc) is 2.89. The molecule has 2 atom stereocenters. The Bertz CT molecular complexity index is 1030. The largest absolute Gasteiger partial charge is 0.462 e. The third kappa shape index (κ3) is 5.68. The minimum absolute atomic E-state index is 0.0198. The lowest BCUT2D eigenvalue weighted by Gasteiger charge is -2.39. The van der Waals surface area contributed by atoms with Crippen molar-refractivity contribution in [3.05, 3.63) is 27.2 Å². The van der Waals surface area contributed by atoms with Crippen LogP contribution in [0.3, 0.4) is 0 Å². The number of rotatable bonds is 2. The van der Waals surface area contributed by atoms with Crippen LogP contribution in [0.25, 0.3) is 10.9 Å². The fraction of sp³-hybridized carbons (Fsp3) is 0.571. The highest BCUT2D eigenvalue weighted by Gasteiger charge is 2.40. The summed E-state index contributed by atoms with van der Waals surface area (Å²) in [6.45, 7) is 7.13. The first kappa shape index (κ1) is 25.9. The summed E-state index contributed by atoms with van der Waals surface area (Å²) in [7, 11) is 2.04. The molecule has 2 aliphatic heterocycles. The van der Waals surface area contributed by atoms with Crippen molar-refractivity contribution in [2.75, 3.05) is 25.0 Å². The fourth-order valence-electron chi connectivity index (χ4n) is 4.04. The number of alkyl halides is 3. The molecule has 2 aliphatic rings. The van der Waals surface area contributed by atoms with E-state index in [2.05, 4.69) is 35.5 Å². The van der Waals surface area contributed by atoms with Crippen LogP contribution in [0.5, 0.6) is 0 Å². The van der Waals surface area contributed by atoms with Crippen LogP contribution in [-0.4, -0.2) is 59.2 Å². The molecule has 4 rings (SSSR count). The summed E-state index contributed by atoms with van der Waals surface area (Å²) in [6, 6.07) is 1.48. The van der Waals surface area contributed by atoms with Gasteiger partial charge in [0.15, 0.2) is 5.82 Å². The number of aromatic nitrogens is 2. The second-order valence-electron chi connectivity index (χ2n) is 9.04. The van der Waals surface area contributed by atoms with Crippen molar-refractivity contribution in [1.82, 2.24) is 14.9 Å². The molecule has 2 saturated heterocycles. The number of hydrogen-bond acceptors (Lipinski definition) is 6. The van der Waals surface area contributed by atoms with Gasteiger partial charge in [0.05, 0.1) is 10.0 Å². The second kappa shape index (κ2) is 9.50. The molecule has 12 heteroatoms. The number of carbonyl (C=O) groups excluding carboxylic acids is 1. The van der Waals surface area contributed by atoms with E-state index in [1.807, 2.05) is 32.7 Å². The predicted octanol–water partition coefficient (Wildman–Crippen LogP) is 5.44. The van der Waals surface area contributed by atoms with Crippen LogP contribution in [0.2, 0.25) is 5.28 Å². The predicted molar refractivity (Wildman–Crippen MR) is 121 cm³/mol. The second-order valence-corrected chi connectivity index (χ2v) is 10.2. The van der Waals surface area contributed by atoms with Gasteiger partial charge in [0.1, 0.15) is 16.9 Å². The first-order valence-electron chi connectivity index (χ1n) is 10.2. The molecule has 0 N–H and O–H groups in total. The zero-order chi connectivity index (χ0) is 24.7. The zero-order valence-electron chi connectivity index (χ0n) is 18.5. The van der Waals surface area contributed by atoms with Crippen LogP contribution in [-0.2, 0) is 15.7 Å². The van der Waals surface area contributed by atoms with Crippen LogP contribution in [0.4, 0.5) is 23.4 Å². The number of likely N-dealkylation sites (N-methyl/N-ethyl adjacent to an activating group) is 1. The number of hydrogen-bond donors (Lipinski definition) is 0. The van der Waals surface area contributed by atoms with E-state index in [0.29, 0.717) is 31.6 Å². The van der Waals surface area contributed by atoms with E-state index in [1.54, 1.807) is 0 Å². The van der Waals surface area contributed by atoms with Crippen molar-refractivity contribution in [2.45, 2.75) is 57.5 Å². The maximum absolute atomic E-state index is 14.6. The van der Waals surface area contributed by atoms with Crippen LogP contribution >= 0.6 is 27.5 Å². The van der Waals surface area contributed by atoms with E-state index in [0.717, 1.165) is 18.9 Å². The molecule has 2 bridgehead atoms. The highest BCUT2D eigenvalue weighted by atomic mass is 79.9. The number of halogens is 6. The van der Waals surface area contributed by atoms with E-state index < -0.39 is 22.0 Å². The normalized spacial score (nSPS) is 21.1. The van der Waals surface area contributed by atoms with Crippen molar-refractivity contribution in [1.29, 1.82) is 0 Å². The van der Waals surface area contributed by atoms with Crippen molar-refractivity contribution < 1.29 is 27.1 Å². The van der Waals surface area contributed by atoms with Gasteiger partial charge in [-0.2, -0.15) is 18.2 Å². The third-order valence-corrected chi connectivity index (χ3v) is 6.62. The average molecular weight is 556 g/mol. The standard InChI is InChI=1S/C16H14BrClF4N4.C5H10O2/c1-25-7-2-3-8(25)6-26(5-7)14-9-4-10(16(20,21)22)11(17)12(19)13(9)23-15(18)24-14;1-5(2,3)7-4-6/h4,7-8H,2-3,5-6H2,1H3;4H,1-3H3. The van der Waals surface area contributed by atoms with Crippen molar-refractivity contribution >= 4 is 50.7 Å². The Kier molecular flexibility index (Phi) is 7.45. The van der Waals surface area contributed by atoms with Crippen molar-refractivity contribution in [2.24, 2.45) is 0 Å². The quantitative estimate of drug-likeness (QED) is 0.279. The SMILES string of the molecule is CC(C)(C)OC=O.CN1C2CCC1CN(c1nc(Cl)nc3c(F)c(Br)c(C(F)(F)F)cc13)C2. The van der Waals surface area contributed by atoms with Gasteiger partial charge in [0, 0.05) is 30.6 Å². The van der Waals surface area contributed by atoms with Crippen molar-refractivity contribution in [3.63, 3.8) is 0 Å². The minimum atomic E-state index is -4.70. The molecule has 6 nitrogen and oxygen atoms in total. The summed E-state index contributed by atoms with van der Waals surface area (Å²) in [5.74, 6) is -0.834. The van der Waals surface area contributed by atoms with Crippen LogP contribution in [0.1, 0.15) is 39.2 Å². The third-order valence-electron chi connectivity index (χ3n) is 5.68. The maximum atomic E-state index is 14.6. The van der Waals surface area contributed by atoms with Crippen molar-refractivity contribution in [3.8, 4) is 0 Å². The van der Waals surface area contributed by atoms with E-state index >= 15 is 0 Å². The van der Waals surface area contributed by atoms with Gasteiger partial charge < -0.3 is 9.64 Å². The molecule has 0 spiro atoms. The molecular weight excluding hydrogens is 532 g/mol. The van der Waals surface area contributed by atoms with Gasteiger partial charge >= 0.3 is 6.18 Å². The Labute approximate surface area is 202 Å². The Morgan fingerprint density at radius 3 is 2.21 bits per heavy atom. The van der Waals surface area contributed by atoms with Crippen LogP contribution in [0, 0.1) is 5.82 Å². The fourth-order valence-corrected chi connectivity index (χ4v) is 4.73. The summed E-state index contributed by atoms with van der Waals surface area (Å²) in [4.78, 5) is 21.8. The maximum Gasteiger partial charge on any atom is 0.417 e. The van der Waals surface area contributed by atoms with Gasteiger partial charge in [0.2, 0.25) is 5.28 Å². The molecule has 0 aliphatic carbocycles. The molecule has 0 amide bonds. The molecule has 2 unspecified atom stereocenters. The smallest absolute Gasteiger partial charge is 0.417 e. The molecule has 1 aromatic carbocycles. The van der Waals surface area contributed by atoms with E-state index in [-0.39, 0.29) is 27.6 Å². The molecule has 33 heavy (non-hydrogen) atoms. The number of fused-ring (bicyclic) bond motifs is 3. The molecule has 2 fully saturated rings. The summed E-state index contributed by atoms with van der Waals surface area (Å²) in [5.41, 5.74) is -1.63. The molecule has 0 radical (unpaired) electrons. The Hall–Kier alpha value is -1.72. The summed E-state index contributed by atoms with van der Waals surface area (Å²) in [5, 5.41) is -0.171. The zero-order valence-corrected chi connectivity index (χ0v) is 20.9. The first-order valence-corrected chi connectivity index (χ1v) is 11.4. The molecule has 0 saturated carbocycles. The minimum Gasteiger partial charge on any atom is -0.462 e. The summed E-state index contributed by atoms with van der Waals surface area (Å²) < 4.78 is 58.4. The van der Waals surface area contributed by atoms with Gasteiger partial charge in [-0.1, -0.05) is 0 Å². The van der Waals surface area contributed by atoms with E-state index in [4.69, 9.17) is 11.6 Å². The number of anilines is 1. The van der Waals surface area contributed by atoms with Crippen LogP contribution < -0.4 is 4.90 Å². The van der Waals surface area contributed by atoms with Gasteiger partial charge in [-0.15, -0.1) is 0 Å². The number of ether oxygens (including phenoxy) is 1. The van der Waals surface area contributed by atoms with Gasteiger partial charge in [-0.25, -0.2) is 9.37 Å². The number of benzene rings is 1. The topological polar surface area (TPSA) is 58.6 Å². The Morgan fingerprint density at radius 1 is 1.18 bits per heavy atom. The molecule has 1 aromatic heterocycles. The monoisotopic (exact) mass is 554 g/mol. The van der Waals surface area contributed by atoms with E-state index in [9.17, 15) is 22.4 Å². The number of carbonyl (C=O) groups is 1. The molecule has 2 aromatic rings. The molecule has 3 heterocycles. The lowest BCUT2D eigenvalue weighted by atomic mass is 10.1. The summed E-state index contributed by atoms with van der Waals surface area (Å²) >= 11 is 8.65. The number of nitrogens with zero attached hydrogens (tertiary/aromatic N) is 4. The van der Waals surface area contributed by atoms with Gasteiger partial charge in [-0.05, 0) is 74.3 Å². The van der Waals surface area contributed by atoms with E-state index in [1.165, 1.54) is 0 Å². The highest BCUT2D eigenvalue weighted by molar-refractivity contribution is 9.10. The highest BCUT2D eigenvalue weighted by Crippen LogP contribution is 2.42. The van der Waals surface area contributed by atoms with Crippen LogP contribution in [0.15, 0.2) is 10.5 Å². The van der Waals surface area contributed by atoms with Gasteiger partial charge in [-0.3, -0.25) is 9.69 Å². The first-order chi connectivity index (χ1) is 15.2. The number of piperazine rings is 1. The Morgan fingerprint density at radius 2 is 1.76 bits per heavy atom. The lowest BCUT2D eigenvalue weighted by molar-refractivity contribution is -0.139. The molecule has 182 valence electrons. The molecular formula is C21H24BrClF4N4O2. The lowest BCUT2D eigenvalue weighted by Crippen LogP contribution is -2.52. The Balaban J connectivity index is 0.000000383. The summed E-state index contributed by atoms with van der Waals surface area (Å²) in [6.07, 6.45) is -2.67.